The number of hydrogen-bond donors (Lipinski definition) is 0. The Kier molecular flexibility index (Phi) is 8.87. The molecule has 0 radical (unpaired) electrons. The monoisotopic (exact) mass is 765 g/mol. The molecule has 10 aromatic carbocycles. The zero-order valence-electron chi connectivity index (χ0n) is 32.9. The van der Waals surface area contributed by atoms with Crippen LogP contribution in [-0.4, -0.2) is 0 Å². The minimum atomic E-state index is 0.900. The first-order valence-corrected chi connectivity index (χ1v) is 20.5. The predicted octanol–water partition coefficient (Wildman–Crippen LogP) is 16.5. The third-order valence-electron chi connectivity index (χ3n) is 11.7. The van der Waals surface area contributed by atoms with Gasteiger partial charge < -0.3 is 9.32 Å². The van der Waals surface area contributed by atoms with Crippen molar-refractivity contribution in [3.8, 4) is 55.6 Å². The molecule has 0 bridgehead atoms. The second-order valence-corrected chi connectivity index (χ2v) is 15.3. The van der Waals surface area contributed by atoms with E-state index in [9.17, 15) is 0 Å². The van der Waals surface area contributed by atoms with E-state index in [1.807, 2.05) is 12.1 Å². The number of nitrogens with zero attached hydrogens (tertiary/aromatic N) is 1. The number of furan rings is 1. The molecule has 0 aliphatic rings. The molecule has 0 unspecified atom stereocenters. The van der Waals surface area contributed by atoms with Crippen LogP contribution in [0.15, 0.2) is 241 Å². The molecule has 1 aromatic heterocycles. The highest BCUT2D eigenvalue weighted by molar-refractivity contribution is 6.12. The average molecular weight is 766 g/mol. The SMILES string of the molecule is c1ccc(-c2cccc(N(c3ccc(-c4cccc(-c5cccc(-c6ccc7ccccc7c6)c5)c4)cc3)c3ccc(-c4cccc5oc6ccccc6c45)cc3)c2)cc1. The van der Waals surface area contributed by atoms with Crippen LogP contribution < -0.4 is 4.90 Å². The molecule has 0 amide bonds. The molecule has 0 aliphatic carbocycles. The van der Waals surface area contributed by atoms with Crippen LogP contribution in [0.5, 0.6) is 0 Å². The van der Waals surface area contributed by atoms with Crippen molar-refractivity contribution in [2.45, 2.75) is 0 Å². The Morgan fingerprint density at radius 1 is 0.267 bits per heavy atom. The lowest BCUT2D eigenvalue weighted by Gasteiger charge is -2.26. The van der Waals surface area contributed by atoms with Gasteiger partial charge in [0.05, 0.1) is 0 Å². The minimum Gasteiger partial charge on any atom is -0.456 e. The van der Waals surface area contributed by atoms with Gasteiger partial charge in [0.1, 0.15) is 11.2 Å². The van der Waals surface area contributed by atoms with Crippen molar-refractivity contribution in [1.29, 1.82) is 0 Å². The number of benzene rings is 10. The Hall–Kier alpha value is -7.94. The average Bonchev–Trinajstić information content (AvgIpc) is 3.72. The van der Waals surface area contributed by atoms with Crippen LogP contribution in [0, 0.1) is 0 Å². The van der Waals surface area contributed by atoms with E-state index in [4.69, 9.17) is 4.42 Å². The molecule has 2 heteroatoms. The normalized spacial score (nSPS) is 11.3. The molecule has 0 spiro atoms. The molecule has 0 N–H and O–H groups in total. The van der Waals surface area contributed by atoms with E-state index >= 15 is 0 Å². The molecule has 1 heterocycles. The second kappa shape index (κ2) is 15.1. The molecule has 0 saturated carbocycles. The van der Waals surface area contributed by atoms with E-state index in [2.05, 4.69) is 229 Å². The van der Waals surface area contributed by atoms with E-state index in [1.165, 1.54) is 55.3 Å². The van der Waals surface area contributed by atoms with Crippen molar-refractivity contribution >= 4 is 49.8 Å². The van der Waals surface area contributed by atoms with Crippen LogP contribution in [0.1, 0.15) is 0 Å². The predicted molar refractivity (Wildman–Crippen MR) is 253 cm³/mol. The Labute approximate surface area is 349 Å². The number of fused-ring (bicyclic) bond motifs is 4. The summed E-state index contributed by atoms with van der Waals surface area (Å²) in [6, 6.07) is 84.9. The molecule has 11 aromatic rings. The van der Waals surface area contributed by atoms with Gasteiger partial charge in [0.25, 0.3) is 0 Å². The summed E-state index contributed by atoms with van der Waals surface area (Å²) in [6.07, 6.45) is 0. The number of rotatable bonds is 8. The van der Waals surface area contributed by atoms with Gasteiger partial charge in [-0.05, 0) is 133 Å². The largest absolute Gasteiger partial charge is 0.456 e. The van der Waals surface area contributed by atoms with Crippen LogP contribution >= 0.6 is 0 Å². The first-order valence-electron chi connectivity index (χ1n) is 20.5. The van der Waals surface area contributed by atoms with E-state index in [0.29, 0.717) is 0 Å². The zero-order chi connectivity index (χ0) is 39.8. The minimum absolute atomic E-state index is 0.900. The Morgan fingerprint density at radius 2 is 0.750 bits per heavy atom. The maximum Gasteiger partial charge on any atom is 0.136 e. The molecule has 0 saturated heterocycles. The quantitative estimate of drug-likeness (QED) is 0.153. The summed E-state index contributed by atoms with van der Waals surface area (Å²) in [4.78, 5) is 2.35. The van der Waals surface area contributed by atoms with Crippen LogP contribution in [0.2, 0.25) is 0 Å². The van der Waals surface area contributed by atoms with Crippen molar-refractivity contribution in [3.63, 3.8) is 0 Å². The van der Waals surface area contributed by atoms with Gasteiger partial charge in [-0.2, -0.15) is 0 Å². The van der Waals surface area contributed by atoms with Crippen molar-refractivity contribution in [1.82, 2.24) is 0 Å². The maximum absolute atomic E-state index is 6.24. The van der Waals surface area contributed by atoms with Gasteiger partial charge in [0, 0.05) is 27.8 Å². The summed E-state index contributed by atoms with van der Waals surface area (Å²) >= 11 is 0. The Bertz CT molecular complexity index is 3310. The lowest BCUT2D eigenvalue weighted by molar-refractivity contribution is 0.669. The van der Waals surface area contributed by atoms with Gasteiger partial charge in [-0.1, -0.05) is 170 Å². The Balaban J connectivity index is 0.944. The van der Waals surface area contributed by atoms with Gasteiger partial charge in [0.15, 0.2) is 0 Å². The van der Waals surface area contributed by atoms with Gasteiger partial charge in [-0.15, -0.1) is 0 Å². The fraction of sp³-hybridized carbons (Fsp3) is 0. The fourth-order valence-corrected chi connectivity index (χ4v) is 8.64. The Morgan fingerprint density at radius 3 is 1.47 bits per heavy atom. The van der Waals surface area contributed by atoms with E-state index in [-0.39, 0.29) is 0 Å². The third kappa shape index (κ3) is 6.61. The highest BCUT2D eigenvalue weighted by Gasteiger charge is 2.17. The van der Waals surface area contributed by atoms with E-state index in [0.717, 1.165) is 50.1 Å². The van der Waals surface area contributed by atoms with E-state index < -0.39 is 0 Å². The van der Waals surface area contributed by atoms with Gasteiger partial charge in [-0.3, -0.25) is 0 Å². The molecule has 0 atom stereocenters. The summed E-state index contributed by atoms with van der Waals surface area (Å²) in [5.41, 5.74) is 16.9. The number of hydrogen-bond acceptors (Lipinski definition) is 2. The molecular formula is C58H39NO. The standard InChI is InChI=1S/C58H39NO/c1-2-12-40(13-3-1)49-20-10-21-53(39-49)59(52-34-30-43(31-35-52)54-23-11-25-57-58(54)55-22-6-7-24-56(55)60-57)51-32-28-42(29-33-51)45-16-8-17-46(36-45)47-18-9-19-48(38-47)50-27-26-41-14-4-5-15-44(41)37-50/h1-39H. The number of anilines is 3. The van der Waals surface area contributed by atoms with Gasteiger partial charge >= 0.3 is 0 Å². The van der Waals surface area contributed by atoms with Crippen LogP contribution in [-0.2, 0) is 0 Å². The maximum atomic E-state index is 6.24. The summed E-state index contributed by atoms with van der Waals surface area (Å²) in [5.74, 6) is 0. The third-order valence-corrected chi connectivity index (χ3v) is 11.7. The topological polar surface area (TPSA) is 16.4 Å². The first-order chi connectivity index (χ1) is 29.7. The first kappa shape index (κ1) is 35.2. The highest BCUT2D eigenvalue weighted by Crippen LogP contribution is 2.41. The van der Waals surface area contributed by atoms with Crippen molar-refractivity contribution in [3.05, 3.63) is 237 Å². The van der Waals surface area contributed by atoms with Crippen molar-refractivity contribution in [2.24, 2.45) is 0 Å². The lowest BCUT2D eigenvalue weighted by Crippen LogP contribution is -2.10. The molecular weight excluding hydrogens is 727 g/mol. The molecule has 11 rings (SSSR count). The summed E-state index contributed by atoms with van der Waals surface area (Å²) in [5, 5.41) is 4.78. The highest BCUT2D eigenvalue weighted by atomic mass is 16.3. The van der Waals surface area contributed by atoms with Gasteiger partial charge in [0.2, 0.25) is 0 Å². The van der Waals surface area contributed by atoms with Crippen molar-refractivity contribution in [2.75, 3.05) is 4.90 Å². The smallest absolute Gasteiger partial charge is 0.136 e. The lowest BCUT2D eigenvalue weighted by atomic mass is 9.95. The molecule has 0 fully saturated rings. The summed E-state index contributed by atoms with van der Waals surface area (Å²) in [6.45, 7) is 0. The molecule has 2 nitrogen and oxygen atoms in total. The zero-order valence-corrected chi connectivity index (χ0v) is 32.9. The van der Waals surface area contributed by atoms with Crippen LogP contribution in [0.4, 0.5) is 17.1 Å². The fourth-order valence-electron chi connectivity index (χ4n) is 8.64. The van der Waals surface area contributed by atoms with Crippen LogP contribution in [0.25, 0.3) is 88.3 Å². The van der Waals surface area contributed by atoms with Crippen molar-refractivity contribution < 1.29 is 4.42 Å². The molecule has 60 heavy (non-hydrogen) atoms. The van der Waals surface area contributed by atoms with E-state index in [1.54, 1.807) is 0 Å². The second-order valence-electron chi connectivity index (χ2n) is 15.3. The number of para-hydroxylation sites is 1. The molecule has 282 valence electrons. The van der Waals surface area contributed by atoms with Crippen LogP contribution in [0.3, 0.4) is 0 Å². The molecule has 0 aliphatic heterocycles. The summed E-state index contributed by atoms with van der Waals surface area (Å²) in [7, 11) is 0. The van der Waals surface area contributed by atoms with Gasteiger partial charge in [-0.25, -0.2) is 0 Å². The summed E-state index contributed by atoms with van der Waals surface area (Å²) < 4.78 is 6.24.